The van der Waals surface area contributed by atoms with E-state index >= 15 is 0 Å². The van der Waals surface area contributed by atoms with Crippen molar-refractivity contribution in [2.75, 3.05) is 0 Å². The maximum absolute atomic E-state index is 13.1. The summed E-state index contributed by atoms with van der Waals surface area (Å²) in [6, 6.07) is 6.19. The van der Waals surface area contributed by atoms with Gasteiger partial charge in [-0.3, -0.25) is 0 Å². The van der Waals surface area contributed by atoms with Gasteiger partial charge in [0, 0.05) is 10.0 Å². The molecule has 2 aromatic rings. The van der Waals surface area contributed by atoms with Crippen molar-refractivity contribution in [3.63, 3.8) is 0 Å². The van der Waals surface area contributed by atoms with Crippen LogP contribution in [0.2, 0.25) is 0 Å². The van der Waals surface area contributed by atoms with Crippen LogP contribution >= 0.6 is 15.9 Å². The Bertz CT molecular complexity index is 541. The van der Waals surface area contributed by atoms with Crippen LogP contribution in [0.1, 0.15) is 5.89 Å². The van der Waals surface area contributed by atoms with E-state index in [-0.39, 0.29) is 18.1 Å². The summed E-state index contributed by atoms with van der Waals surface area (Å²) in [6.07, 6.45) is 0.0451. The molecule has 0 aliphatic rings. The maximum Gasteiger partial charge on any atom is 0.241 e. The molecule has 0 bridgehead atoms. The Kier molecular flexibility index (Phi) is 2.97. The molecule has 0 unspecified atom stereocenters. The van der Waals surface area contributed by atoms with E-state index in [9.17, 15) is 4.39 Å². The molecule has 80 valence electrons. The molecule has 0 saturated carbocycles. The lowest BCUT2D eigenvalue weighted by Gasteiger charge is -1.96. The number of nitriles is 1. The third-order valence-electron chi connectivity index (χ3n) is 1.82. The number of benzene rings is 1. The van der Waals surface area contributed by atoms with Crippen molar-refractivity contribution in [3.05, 3.63) is 34.4 Å². The van der Waals surface area contributed by atoms with Gasteiger partial charge in [0.25, 0.3) is 0 Å². The molecular formula is C10H5BrFN3O. The molecule has 0 aliphatic heterocycles. The molecule has 0 amide bonds. The number of halogens is 2. The van der Waals surface area contributed by atoms with E-state index in [0.29, 0.717) is 10.0 Å². The molecule has 0 N–H and O–H groups in total. The van der Waals surface area contributed by atoms with Crippen LogP contribution in [0, 0.1) is 17.1 Å². The Labute approximate surface area is 98.8 Å². The first kappa shape index (κ1) is 10.8. The molecule has 0 radical (unpaired) electrons. The normalized spacial score (nSPS) is 10.1. The smallest absolute Gasteiger partial charge is 0.241 e. The highest BCUT2D eigenvalue weighted by Crippen LogP contribution is 2.22. The molecule has 0 fully saturated rings. The Morgan fingerprint density at radius 2 is 2.25 bits per heavy atom. The Balaban J connectivity index is 2.39. The number of aromatic nitrogens is 2. The largest absolute Gasteiger partial charge is 0.338 e. The zero-order valence-corrected chi connectivity index (χ0v) is 9.53. The monoisotopic (exact) mass is 281 g/mol. The molecule has 0 aliphatic carbocycles. The second kappa shape index (κ2) is 4.41. The minimum atomic E-state index is -0.393. The zero-order chi connectivity index (χ0) is 11.5. The van der Waals surface area contributed by atoms with Crippen molar-refractivity contribution in [3.8, 4) is 17.5 Å². The summed E-state index contributed by atoms with van der Waals surface area (Å²) in [5, 5.41) is 12.1. The van der Waals surface area contributed by atoms with Gasteiger partial charge in [0.05, 0.1) is 6.07 Å². The van der Waals surface area contributed by atoms with Crippen LogP contribution in [0.25, 0.3) is 11.4 Å². The average Bonchev–Trinajstić information content (AvgIpc) is 2.65. The van der Waals surface area contributed by atoms with Gasteiger partial charge >= 0.3 is 0 Å². The van der Waals surface area contributed by atoms with E-state index in [2.05, 4.69) is 26.1 Å². The van der Waals surface area contributed by atoms with Crippen LogP contribution in [0.4, 0.5) is 4.39 Å². The third-order valence-corrected chi connectivity index (χ3v) is 2.28. The van der Waals surface area contributed by atoms with Crippen molar-refractivity contribution in [2.24, 2.45) is 0 Å². The molecule has 0 atom stereocenters. The molecule has 4 nitrogen and oxygen atoms in total. The fourth-order valence-electron chi connectivity index (χ4n) is 1.19. The summed E-state index contributed by atoms with van der Waals surface area (Å²) < 4.78 is 18.5. The van der Waals surface area contributed by atoms with E-state index in [1.54, 1.807) is 6.07 Å². The van der Waals surface area contributed by atoms with Crippen LogP contribution < -0.4 is 0 Å². The SMILES string of the molecule is N#CCc1nc(-c2cc(F)cc(Br)c2)no1. The van der Waals surface area contributed by atoms with Crippen molar-refractivity contribution < 1.29 is 8.91 Å². The molecule has 0 saturated heterocycles. The van der Waals surface area contributed by atoms with Crippen LogP contribution in [0.5, 0.6) is 0 Å². The number of rotatable bonds is 2. The third kappa shape index (κ3) is 2.25. The van der Waals surface area contributed by atoms with Crippen LogP contribution in [0.3, 0.4) is 0 Å². The highest BCUT2D eigenvalue weighted by Gasteiger charge is 2.09. The number of hydrogen-bond acceptors (Lipinski definition) is 4. The summed E-state index contributed by atoms with van der Waals surface area (Å²) in [6.45, 7) is 0. The lowest BCUT2D eigenvalue weighted by molar-refractivity contribution is 0.388. The van der Waals surface area contributed by atoms with Gasteiger partial charge in [-0.1, -0.05) is 21.1 Å². The van der Waals surface area contributed by atoms with Gasteiger partial charge in [-0.05, 0) is 18.2 Å². The lowest BCUT2D eigenvalue weighted by atomic mass is 10.2. The zero-order valence-electron chi connectivity index (χ0n) is 7.94. The average molecular weight is 282 g/mol. The van der Waals surface area contributed by atoms with Crippen LogP contribution in [-0.2, 0) is 6.42 Å². The Morgan fingerprint density at radius 1 is 1.44 bits per heavy atom. The molecule has 2 rings (SSSR count). The number of hydrogen-bond donors (Lipinski definition) is 0. The van der Waals surface area contributed by atoms with Gasteiger partial charge in [-0.2, -0.15) is 10.2 Å². The minimum Gasteiger partial charge on any atom is -0.338 e. The first-order valence-electron chi connectivity index (χ1n) is 4.35. The van der Waals surface area contributed by atoms with E-state index in [4.69, 9.17) is 9.78 Å². The van der Waals surface area contributed by atoms with Crippen molar-refractivity contribution in [2.45, 2.75) is 6.42 Å². The quantitative estimate of drug-likeness (QED) is 0.849. The maximum atomic E-state index is 13.1. The van der Waals surface area contributed by atoms with E-state index in [1.165, 1.54) is 12.1 Å². The summed E-state index contributed by atoms with van der Waals surface area (Å²) >= 11 is 3.17. The molecule has 1 aromatic heterocycles. The fourth-order valence-corrected chi connectivity index (χ4v) is 1.66. The van der Waals surface area contributed by atoms with E-state index < -0.39 is 5.82 Å². The van der Waals surface area contributed by atoms with Crippen molar-refractivity contribution >= 4 is 15.9 Å². The topological polar surface area (TPSA) is 62.7 Å². The summed E-state index contributed by atoms with van der Waals surface area (Å²) in [5.41, 5.74) is 0.500. The first-order valence-corrected chi connectivity index (χ1v) is 5.14. The molecule has 0 spiro atoms. The summed E-state index contributed by atoms with van der Waals surface area (Å²) in [7, 11) is 0. The Morgan fingerprint density at radius 3 is 2.94 bits per heavy atom. The molecule has 1 heterocycles. The van der Waals surface area contributed by atoms with Gasteiger partial charge in [-0.15, -0.1) is 0 Å². The molecule has 6 heteroatoms. The van der Waals surface area contributed by atoms with Gasteiger partial charge in [0.2, 0.25) is 11.7 Å². The molecule has 1 aromatic carbocycles. The van der Waals surface area contributed by atoms with Crippen LogP contribution in [-0.4, -0.2) is 10.1 Å². The molecule has 16 heavy (non-hydrogen) atoms. The molecular weight excluding hydrogens is 277 g/mol. The van der Waals surface area contributed by atoms with Crippen molar-refractivity contribution in [1.82, 2.24) is 10.1 Å². The fraction of sp³-hybridized carbons (Fsp3) is 0.100. The van der Waals surface area contributed by atoms with E-state index in [0.717, 1.165) is 0 Å². The van der Waals surface area contributed by atoms with Gasteiger partial charge in [0.1, 0.15) is 12.2 Å². The highest BCUT2D eigenvalue weighted by molar-refractivity contribution is 9.10. The summed E-state index contributed by atoms with van der Waals surface area (Å²) in [4.78, 5) is 3.96. The first-order chi connectivity index (χ1) is 7.69. The second-order valence-corrected chi connectivity index (χ2v) is 3.92. The van der Waals surface area contributed by atoms with E-state index in [1.807, 2.05) is 6.07 Å². The predicted octanol–water partition coefficient (Wildman–Crippen LogP) is 2.70. The standard InChI is InChI=1S/C10H5BrFN3O/c11-7-3-6(4-8(12)5-7)10-14-9(1-2-13)16-15-10/h3-5H,1H2. The van der Waals surface area contributed by atoms with Gasteiger partial charge in [-0.25, -0.2) is 4.39 Å². The predicted molar refractivity (Wildman–Crippen MR) is 56.7 cm³/mol. The number of nitrogens with zero attached hydrogens (tertiary/aromatic N) is 3. The van der Waals surface area contributed by atoms with Crippen molar-refractivity contribution in [1.29, 1.82) is 5.26 Å². The lowest BCUT2D eigenvalue weighted by Crippen LogP contribution is -1.85. The minimum absolute atomic E-state index is 0.0451. The highest BCUT2D eigenvalue weighted by atomic mass is 79.9. The Hall–Kier alpha value is -1.74. The van der Waals surface area contributed by atoms with Gasteiger partial charge in [0.15, 0.2) is 0 Å². The van der Waals surface area contributed by atoms with Crippen LogP contribution in [0.15, 0.2) is 27.2 Å². The summed E-state index contributed by atoms with van der Waals surface area (Å²) in [5.74, 6) is 0.0966. The second-order valence-electron chi connectivity index (χ2n) is 3.00. The van der Waals surface area contributed by atoms with Gasteiger partial charge < -0.3 is 4.52 Å².